The molecule has 7 rings (SSSR count). The van der Waals surface area contributed by atoms with Crippen molar-refractivity contribution in [2.24, 2.45) is 11.8 Å². The molecule has 46 heavy (non-hydrogen) atoms. The molecule has 0 saturated heterocycles. The van der Waals surface area contributed by atoms with Gasteiger partial charge in [-0.15, -0.1) is 0 Å². The SMILES string of the molecule is CC1=CC(C)(C)c2cc3c(cc21)-c1cc2c(cc1[CH]3/[Zr+2](=[CH]/c1ccc(C)cc1)[C]1=C(C)C(C(C)C)=CC1C)C(C)(C)C=C2C.[Cl-].[Cl-]. The van der Waals surface area contributed by atoms with Gasteiger partial charge in [0.25, 0.3) is 0 Å². The quantitative estimate of drug-likeness (QED) is 0.337. The Hall–Kier alpha value is -2.05. The summed E-state index contributed by atoms with van der Waals surface area (Å²) in [6.45, 7) is 26.1. The molecular weight excluding hydrogens is 679 g/mol. The molecule has 3 aromatic carbocycles. The Kier molecular flexibility index (Phi) is 9.30. The minimum atomic E-state index is -2.59. The molecule has 0 N–H and O–H groups in total. The summed E-state index contributed by atoms with van der Waals surface area (Å²) in [7, 11) is 0. The van der Waals surface area contributed by atoms with Gasteiger partial charge >= 0.3 is 275 Å². The van der Waals surface area contributed by atoms with Crippen LogP contribution in [-0.4, -0.2) is 3.71 Å². The van der Waals surface area contributed by atoms with E-state index in [2.05, 4.69) is 147 Å². The summed E-state index contributed by atoms with van der Waals surface area (Å²) >= 11 is -2.59. The first-order valence-electron chi connectivity index (χ1n) is 16.7. The third-order valence-electron chi connectivity index (χ3n) is 11.0. The summed E-state index contributed by atoms with van der Waals surface area (Å²) in [6.07, 6.45) is 7.58. The molecule has 4 aliphatic carbocycles. The first kappa shape index (κ1) is 35.3. The average molecular weight is 727 g/mol. The third kappa shape index (κ3) is 5.42. The summed E-state index contributed by atoms with van der Waals surface area (Å²) < 4.78 is 5.06. The number of halogens is 2. The van der Waals surface area contributed by atoms with Gasteiger partial charge < -0.3 is 24.8 Å². The number of benzene rings is 3. The van der Waals surface area contributed by atoms with E-state index in [0.29, 0.717) is 15.5 Å². The molecular formula is C43H48Cl2Zr. The van der Waals surface area contributed by atoms with Crippen LogP contribution in [0.3, 0.4) is 0 Å². The third-order valence-corrected chi connectivity index (χ3v) is 19.3. The Balaban J connectivity index is 0.00000208. The van der Waals surface area contributed by atoms with Crippen LogP contribution in [0.15, 0.2) is 81.2 Å². The van der Waals surface area contributed by atoms with Gasteiger partial charge in [-0.25, -0.2) is 0 Å². The smallest absolute Gasteiger partial charge is 1.00 e. The molecule has 3 heteroatoms. The number of rotatable bonds is 4. The first-order chi connectivity index (χ1) is 20.7. The maximum absolute atomic E-state index is 2.81. The average Bonchev–Trinajstić information content (AvgIpc) is 3.58. The molecule has 4 aliphatic rings. The Morgan fingerprint density at radius 1 is 0.696 bits per heavy atom. The van der Waals surface area contributed by atoms with Crippen LogP contribution in [0.1, 0.15) is 117 Å². The Labute approximate surface area is 298 Å². The fraction of sp³-hybridized carbons (Fsp3) is 0.372. The molecule has 0 bridgehead atoms. The molecule has 0 heterocycles. The van der Waals surface area contributed by atoms with Gasteiger partial charge in [-0.1, -0.05) is 0 Å². The largest absolute Gasteiger partial charge is 1.00 e. The predicted molar refractivity (Wildman–Crippen MR) is 188 cm³/mol. The van der Waals surface area contributed by atoms with Crippen LogP contribution in [0, 0.1) is 18.8 Å². The van der Waals surface area contributed by atoms with E-state index in [1.807, 2.05) is 0 Å². The molecule has 0 aliphatic heterocycles. The zero-order valence-corrected chi connectivity index (χ0v) is 33.4. The number of hydrogen-bond donors (Lipinski definition) is 0. The monoisotopic (exact) mass is 724 g/mol. The van der Waals surface area contributed by atoms with Crippen LogP contribution in [0.5, 0.6) is 0 Å². The van der Waals surface area contributed by atoms with E-state index >= 15 is 0 Å². The van der Waals surface area contributed by atoms with Crippen molar-refractivity contribution in [1.29, 1.82) is 0 Å². The second kappa shape index (κ2) is 12.1. The van der Waals surface area contributed by atoms with E-state index in [9.17, 15) is 0 Å². The molecule has 0 aromatic heterocycles. The molecule has 0 fully saturated rings. The Morgan fingerprint density at radius 3 is 1.61 bits per heavy atom. The molecule has 1 atom stereocenters. The van der Waals surface area contributed by atoms with Crippen LogP contribution in [0.25, 0.3) is 22.3 Å². The predicted octanol–water partition coefficient (Wildman–Crippen LogP) is 5.44. The zero-order chi connectivity index (χ0) is 31.5. The second-order valence-electron chi connectivity index (χ2n) is 15.6. The fourth-order valence-electron chi connectivity index (χ4n) is 9.03. The maximum Gasteiger partial charge on any atom is -1.00 e. The van der Waals surface area contributed by atoms with Gasteiger partial charge in [0.1, 0.15) is 0 Å². The van der Waals surface area contributed by atoms with Gasteiger partial charge in [0.2, 0.25) is 0 Å². The number of aryl methyl sites for hydroxylation is 1. The van der Waals surface area contributed by atoms with Gasteiger partial charge in [0.05, 0.1) is 0 Å². The summed E-state index contributed by atoms with van der Waals surface area (Å²) in [5.41, 5.74) is 21.0. The minimum Gasteiger partial charge on any atom is -1.00 e. The van der Waals surface area contributed by atoms with Gasteiger partial charge in [-0.2, -0.15) is 0 Å². The van der Waals surface area contributed by atoms with Crippen LogP contribution in [-0.2, 0) is 32.1 Å². The standard InChI is InChI=1S/C25H25.C10H15.C8H8.2ClH.Zr/c1-14-12-24(3,4)22-8-16-7-17-9-23-19(15(2)13-25(23,5)6)11-21(17)20(16)10-18(14)22;1-7(2)10-6-8(3)5-9(10)4;1-7-3-5-8(2)6-4-7;;;/h7-13H,1-6H3;6-8H,1-4H3;1,3-6H,2H3;2*1H;/q;;;;;+2/p-2. The van der Waals surface area contributed by atoms with Crippen molar-refractivity contribution < 1.29 is 46.1 Å². The van der Waals surface area contributed by atoms with Crippen molar-refractivity contribution in [1.82, 2.24) is 0 Å². The van der Waals surface area contributed by atoms with Crippen LogP contribution in [0.4, 0.5) is 0 Å². The van der Waals surface area contributed by atoms with E-state index < -0.39 is 21.3 Å². The molecule has 0 radical (unpaired) electrons. The molecule has 3 aromatic rings. The second-order valence-corrected chi connectivity index (χ2v) is 21.3. The van der Waals surface area contributed by atoms with Gasteiger partial charge in [-0.05, 0) is 0 Å². The fourth-order valence-corrected chi connectivity index (χ4v) is 17.7. The summed E-state index contributed by atoms with van der Waals surface area (Å²) in [5.74, 6) is 1.05. The first-order valence-corrected chi connectivity index (χ1v) is 20.7. The van der Waals surface area contributed by atoms with Crippen molar-refractivity contribution in [2.75, 3.05) is 0 Å². The topological polar surface area (TPSA) is 0 Å². The molecule has 1 unspecified atom stereocenters. The Morgan fingerprint density at radius 2 is 1.17 bits per heavy atom. The van der Waals surface area contributed by atoms with Crippen LogP contribution >= 0.6 is 0 Å². The number of hydrogen-bond acceptors (Lipinski definition) is 0. The van der Waals surface area contributed by atoms with Crippen molar-refractivity contribution in [3.8, 4) is 11.1 Å². The summed E-state index contributed by atoms with van der Waals surface area (Å²) in [5, 5.41) is 0. The normalized spacial score (nSPS) is 20.0. The van der Waals surface area contributed by atoms with Crippen molar-refractivity contribution >= 4 is 14.9 Å². The van der Waals surface area contributed by atoms with Crippen molar-refractivity contribution in [2.45, 2.75) is 90.6 Å². The van der Waals surface area contributed by atoms with E-state index in [-0.39, 0.29) is 35.6 Å². The van der Waals surface area contributed by atoms with Gasteiger partial charge in [0, 0.05) is 0 Å². The number of allylic oxidation sites excluding steroid dienone is 8. The van der Waals surface area contributed by atoms with Gasteiger partial charge in [-0.3, -0.25) is 0 Å². The van der Waals surface area contributed by atoms with Crippen LogP contribution in [0.2, 0.25) is 0 Å². The molecule has 0 saturated carbocycles. The minimum absolute atomic E-state index is 0. The van der Waals surface area contributed by atoms with E-state index in [4.69, 9.17) is 0 Å². The van der Waals surface area contributed by atoms with Gasteiger partial charge in [0.15, 0.2) is 0 Å². The molecule has 0 spiro atoms. The van der Waals surface area contributed by atoms with Crippen molar-refractivity contribution in [3.63, 3.8) is 0 Å². The maximum atomic E-state index is 2.81. The summed E-state index contributed by atoms with van der Waals surface area (Å²) in [4.78, 5) is 0. The number of fused-ring (bicyclic) bond motifs is 5. The van der Waals surface area contributed by atoms with E-state index in [1.165, 1.54) is 55.7 Å². The Bertz CT molecular complexity index is 1840. The molecule has 0 nitrogen and oxygen atoms in total. The van der Waals surface area contributed by atoms with E-state index in [0.717, 1.165) is 0 Å². The molecule has 238 valence electrons. The zero-order valence-electron chi connectivity index (χ0n) is 29.4. The van der Waals surface area contributed by atoms with E-state index in [1.54, 1.807) is 25.6 Å². The molecule has 0 amide bonds. The summed E-state index contributed by atoms with van der Waals surface area (Å²) in [6, 6.07) is 19.8. The van der Waals surface area contributed by atoms with Crippen molar-refractivity contribution in [3.05, 3.63) is 126 Å². The van der Waals surface area contributed by atoms with Crippen LogP contribution < -0.4 is 24.8 Å².